The second kappa shape index (κ2) is 3.46. The Morgan fingerprint density at radius 1 is 1.75 bits per heavy atom. The van der Waals surface area contributed by atoms with E-state index in [9.17, 15) is 14.8 Å². The van der Waals surface area contributed by atoms with Crippen LogP contribution in [-0.4, -0.2) is 34.1 Å². The van der Waals surface area contributed by atoms with Gasteiger partial charge in [0.2, 0.25) is 0 Å². The lowest BCUT2D eigenvalue weighted by Crippen LogP contribution is -2.49. The summed E-state index contributed by atoms with van der Waals surface area (Å²) < 4.78 is 0. The number of carboxylic acid groups (broad SMARTS) is 1. The summed E-state index contributed by atoms with van der Waals surface area (Å²) >= 11 is 0. The van der Waals surface area contributed by atoms with Gasteiger partial charge in [-0.3, -0.25) is 5.21 Å². The van der Waals surface area contributed by atoms with Gasteiger partial charge in [0.15, 0.2) is 0 Å². The molecule has 0 aromatic carbocycles. The second-order valence-corrected chi connectivity index (χ2v) is 2.49. The van der Waals surface area contributed by atoms with Gasteiger partial charge in [-0.2, -0.15) is 5.01 Å². The van der Waals surface area contributed by atoms with Crippen molar-refractivity contribution >= 4 is 5.97 Å². The van der Waals surface area contributed by atoms with E-state index in [2.05, 4.69) is 5.29 Å². The smallest absolute Gasteiger partial charge is 0.0962 e. The van der Waals surface area contributed by atoms with Gasteiger partial charge in [-0.25, -0.2) is 0 Å². The third-order valence-corrected chi connectivity index (χ3v) is 1.80. The Morgan fingerprint density at radius 3 is 2.92 bits per heavy atom. The SMILES string of the molecule is O=NN(O)N1CCCC1C(=O)[O-]. The van der Waals surface area contributed by atoms with Crippen molar-refractivity contribution in [1.82, 2.24) is 10.3 Å². The zero-order chi connectivity index (χ0) is 9.14. The fraction of sp³-hybridized carbons (Fsp3) is 0.800. The predicted octanol–water partition coefficient (Wildman–Crippen LogP) is -1.51. The number of carbonyl (C=O) groups excluding carboxylic acids is 1. The molecule has 1 saturated heterocycles. The lowest BCUT2D eigenvalue weighted by molar-refractivity contribution is -0.325. The Labute approximate surface area is 68.1 Å². The number of hydrogen-bond donors (Lipinski definition) is 1. The van der Waals surface area contributed by atoms with E-state index >= 15 is 0 Å². The highest BCUT2D eigenvalue weighted by molar-refractivity contribution is 5.71. The molecular weight excluding hydrogens is 166 g/mol. The summed E-state index contributed by atoms with van der Waals surface area (Å²) in [5.74, 6) is -1.31. The molecule has 1 aliphatic rings. The van der Waals surface area contributed by atoms with Crippen LogP contribution in [-0.2, 0) is 4.79 Å². The first-order valence-electron chi connectivity index (χ1n) is 3.46. The Hall–Kier alpha value is -1.21. The summed E-state index contributed by atoms with van der Waals surface area (Å²) in [5.41, 5.74) is 0. The van der Waals surface area contributed by atoms with Crippen molar-refractivity contribution in [2.75, 3.05) is 6.54 Å². The van der Waals surface area contributed by atoms with Gasteiger partial charge in [-0.15, -0.1) is 4.91 Å². The lowest BCUT2D eigenvalue weighted by atomic mass is 10.2. The standard InChI is InChI=1S/C5H9N3O4/c9-5(10)4-2-1-3-7(4)8(12)6-11/h4,12H,1-3H2,(H,9,10)/p-1. The molecule has 0 amide bonds. The van der Waals surface area contributed by atoms with E-state index in [1.165, 1.54) is 0 Å². The van der Waals surface area contributed by atoms with Gasteiger partial charge in [0.05, 0.1) is 17.3 Å². The normalized spacial score (nSPS) is 23.9. The molecule has 0 aromatic rings. The summed E-state index contributed by atoms with van der Waals surface area (Å²) in [4.78, 5) is 20.2. The summed E-state index contributed by atoms with van der Waals surface area (Å²) in [7, 11) is 0. The number of nitrogens with zero attached hydrogens (tertiary/aromatic N) is 3. The van der Waals surface area contributed by atoms with E-state index < -0.39 is 12.0 Å². The number of rotatable bonds is 3. The highest BCUT2D eigenvalue weighted by Crippen LogP contribution is 2.17. The third-order valence-electron chi connectivity index (χ3n) is 1.80. The van der Waals surface area contributed by atoms with Crippen molar-refractivity contribution in [2.45, 2.75) is 18.9 Å². The monoisotopic (exact) mass is 174 g/mol. The zero-order valence-corrected chi connectivity index (χ0v) is 6.21. The molecule has 1 heterocycles. The molecule has 0 aliphatic carbocycles. The van der Waals surface area contributed by atoms with Crippen molar-refractivity contribution in [2.24, 2.45) is 5.29 Å². The van der Waals surface area contributed by atoms with Crippen LogP contribution in [0.4, 0.5) is 0 Å². The number of aliphatic carboxylic acids is 1. The topological polar surface area (TPSA) is 96.3 Å². The fourth-order valence-electron chi connectivity index (χ4n) is 1.25. The molecule has 0 bridgehead atoms. The molecule has 0 radical (unpaired) electrons. The summed E-state index contributed by atoms with van der Waals surface area (Å²) in [6, 6.07) is -0.951. The molecule has 0 aromatic heterocycles. The second-order valence-electron chi connectivity index (χ2n) is 2.49. The zero-order valence-electron chi connectivity index (χ0n) is 6.21. The van der Waals surface area contributed by atoms with E-state index in [0.29, 0.717) is 19.4 Å². The van der Waals surface area contributed by atoms with Crippen LogP contribution in [0.3, 0.4) is 0 Å². The summed E-state index contributed by atoms with van der Waals surface area (Å²) in [5, 5.41) is 22.3. The highest BCUT2D eigenvalue weighted by Gasteiger charge is 2.30. The molecule has 7 heteroatoms. The molecule has 12 heavy (non-hydrogen) atoms. The van der Waals surface area contributed by atoms with Crippen LogP contribution < -0.4 is 5.11 Å². The van der Waals surface area contributed by atoms with Crippen molar-refractivity contribution in [3.63, 3.8) is 0 Å². The average molecular weight is 174 g/mol. The van der Waals surface area contributed by atoms with Crippen molar-refractivity contribution in [1.29, 1.82) is 0 Å². The maximum atomic E-state index is 10.4. The largest absolute Gasteiger partial charge is 0.548 e. The van der Waals surface area contributed by atoms with Gasteiger partial charge in [0.25, 0.3) is 0 Å². The molecule has 1 unspecified atom stereocenters. The first-order valence-corrected chi connectivity index (χ1v) is 3.46. The molecule has 1 fully saturated rings. The van der Waals surface area contributed by atoms with E-state index in [4.69, 9.17) is 5.21 Å². The molecular formula is C5H8N3O4-. The van der Waals surface area contributed by atoms with Crippen LogP contribution in [0.15, 0.2) is 5.29 Å². The minimum Gasteiger partial charge on any atom is -0.548 e. The predicted molar refractivity (Wildman–Crippen MR) is 34.2 cm³/mol. The van der Waals surface area contributed by atoms with E-state index in [1.54, 1.807) is 0 Å². The van der Waals surface area contributed by atoms with Crippen LogP contribution in [0.2, 0.25) is 0 Å². The lowest BCUT2D eigenvalue weighted by Gasteiger charge is -2.26. The van der Waals surface area contributed by atoms with Gasteiger partial charge in [-0.05, 0) is 12.8 Å². The van der Waals surface area contributed by atoms with E-state index in [-0.39, 0.29) is 5.28 Å². The minimum atomic E-state index is -1.31. The Kier molecular flexibility index (Phi) is 2.56. The number of hydrazine groups is 1. The molecule has 7 nitrogen and oxygen atoms in total. The highest BCUT2D eigenvalue weighted by atomic mass is 16.6. The first kappa shape index (κ1) is 8.88. The van der Waals surface area contributed by atoms with Gasteiger partial charge in [-0.1, -0.05) is 5.28 Å². The first-order chi connectivity index (χ1) is 5.66. The maximum absolute atomic E-state index is 10.4. The van der Waals surface area contributed by atoms with Gasteiger partial charge in [0, 0.05) is 6.54 Å². The fourth-order valence-corrected chi connectivity index (χ4v) is 1.25. The average Bonchev–Trinajstić information content (AvgIpc) is 2.50. The molecule has 0 saturated carbocycles. The van der Waals surface area contributed by atoms with E-state index in [1.807, 2.05) is 0 Å². The number of hydrogen-bond acceptors (Lipinski definition) is 6. The summed E-state index contributed by atoms with van der Waals surface area (Å²) in [6.07, 6.45) is 0.945. The molecule has 68 valence electrons. The van der Waals surface area contributed by atoms with Crippen LogP contribution in [0, 0.1) is 4.91 Å². The molecule has 1 N–H and O–H groups in total. The van der Waals surface area contributed by atoms with Crippen LogP contribution in [0.25, 0.3) is 0 Å². The van der Waals surface area contributed by atoms with Crippen LogP contribution in [0.1, 0.15) is 12.8 Å². The van der Waals surface area contributed by atoms with Gasteiger partial charge >= 0.3 is 0 Å². The van der Waals surface area contributed by atoms with Crippen LogP contribution >= 0.6 is 0 Å². The van der Waals surface area contributed by atoms with Crippen molar-refractivity contribution in [3.05, 3.63) is 4.91 Å². The third kappa shape index (κ3) is 1.51. The molecule has 0 spiro atoms. The van der Waals surface area contributed by atoms with Gasteiger partial charge in [0.1, 0.15) is 0 Å². The minimum absolute atomic E-state index is 0.00741. The quantitative estimate of drug-likeness (QED) is 0.412. The number of carboxylic acids is 1. The van der Waals surface area contributed by atoms with Crippen molar-refractivity contribution in [3.8, 4) is 0 Å². The Morgan fingerprint density at radius 2 is 2.42 bits per heavy atom. The van der Waals surface area contributed by atoms with Gasteiger partial charge < -0.3 is 9.90 Å². The van der Waals surface area contributed by atoms with Crippen LogP contribution in [0.5, 0.6) is 0 Å². The maximum Gasteiger partial charge on any atom is 0.0962 e. The molecule has 1 rings (SSSR count). The molecule has 1 aliphatic heterocycles. The Bertz CT molecular complexity index is 197. The molecule has 1 atom stereocenters. The Balaban J connectivity index is 2.63. The number of carbonyl (C=O) groups is 1. The van der Waals surface area contributed by atoms with Crippen molar-refractivity contribution < 1.29 is 15.1 Å². The van der Waals surface area contributed by atoms with E-state index in [0.717, 1.165) is 5.01 Å². The number of nitroso groups, excluding NO2 is 1. The summed E-state index contributed by atoms with van der Waals surface area (Å²) in [6.45, 7) is 0.293.